The van der Waals surface area contributed by atoms with Gasteiger partial charge in [-0.05, 0) is 20.8 Å². The van der Waals surface area contributed by atoms with Gasteiger partial charge in [-0.2, -0.15) is 10.2 Å². The summed E-state index contributed by atoms with van der Waals surface area (Å²) in [6, 6.07) is 1.43. The molecule has 0 saturated heterocycles. The van der Waals surface area contributed by atoms with E-state index < -0.39 is 5.97 Å². The molecule has 23 heavy (non-hydrogen) atoms. The van der Waals surface area contributed by atoms with Gasteiger partial charge in [-0.3, -0.25) is 14.2 Å². The lowest BCUT2D eigenvalue weighted by molar-refractivity contribution is 0.0513. The molecule has 8 heteroatoms. The van der Waals surface area contributed by atoms with Crippen LogP contribution in [0.25, 0.3) is 0 Å². The SMILES string of the molecule is CCOC(=O)c1cc(C(=O)NCc2cn(CC)nc2C)nn1C. The normalized spacial score (nSPS) is 10.6. The number of nitrogens with zero attached hydrogens (tertiary/aromatic N) is 4. The van der Waals surface area contributed by atoms with Crippen LogP contribution in [0.1, 0.15) is 46.1 Å². The number of nitrogens with one attached hydrogen (secondary N) is 1. The number of ether oxygens (including phenoxy) is 1. The fourth-order valence-electron chi connectivity index (χ4n) is 2.13. The van der Waals surface area contributed by atoms with E-state index in [1.165, 1.54) is 10.7 Å². The predicted molar refractivity (Wildman–Crippen MR) is 83.0 cm³/mol. The lowest BCUT2D eigenvalue weighted by Gasteiger charge is -2.01. The zero-order valence-corrected chi connectivity index (χ0v) is 13.8. The van der Waals surface area contributed by atoms with Gasteiger partial charge in [0.15, 0.2) is 5.69 Å². The smallest absolute Gasteiger partial charge is 0.356 e. The topological polar surface area (TPSA) is 91.0 Å². The van der Waals surface area contributed by atoms with Gasteiger partial charge >= 0.3 is 5.97 Å². The minimum Gasteiger partial charge on any atom is -0.461 e. The maximum absolute atomic E-state index is 12.2. The van der Waals surface area contributed by atoms with Crippen LogP contribution in [0.15, 0.2) is 12.3 Å². The summed E-state index contributed by atoms with van der Waals surface area (Å²) in [5.74, 6) is -0.846. The highest BCUT2D eigenvalue weighted by Crippen LogP contribution is 2.08. The van der Waals surface area contributed by atoms with Crippen molar-refractivity contribution in [1.82, 2.24) is 24.9 Å². The van der Waals surface area contributed by atoms with Crippen LogP contribution in [0.2, 0.25) is 0 Å². The van der Waals surface area contributed by atoms with E-state index in [-0.39, 0.29) is 23.9 Å². The largest absolute Gasteiger partial charge is 0.461 e. The number of rotatable bonds is 6. The maximum Gasteiger partial charge on any atom is 0.356 e. The number of esters is 1. The summed E-state index contributed by atoms with van der Waals surface area (Å²) in [6.07, 6.45) is 1.90. The van der Waals surface area contributed by atoms with E-state index in [0.29, 0.717) is 6.54 Å². The zero-order chi connectivity index (χ0) is 17.0. The van der Waals surface area contributed by atoms with E-state index in [1.807, 2.05) is 24.7 Å². The van der Waals surface area contributed by atoms with Crippen molar-refractivity contribution in [3.8, 4) is 0 Å². The highest BCUT2D eigenvalue weighted by molar-refractivity contribution is 5.95. The minimum absolute atomic E-state index is 0.177. The van der Waals surface area contributed by atoms with Crippen molar-refractivity contribution in [1.29, 1.82) is 0 Å². The number of hydrogen-bond acceptors (Lipinski definition) is 5. The standard InChI is InChI=1S/C15H21N5O3/c1-5-20-9-11(10(3)17-20)8-16-14(21)12-7-13(19(4)18-12)15(22)23-6-2/h7,9H,5-6,8H2,1-4H3,(H,16,21). The van der Waals surface area contributed by atoms with Gasteiger partial charge in [0, 0.05) is 38.0 Å². The van der Waals surface area contributed by atoms with Crippen LogP contribution in [-0.4, -0.2) is 38.0 Å². The van der Waals surface area contributed by atoms with Gasteiger partial charge in [0.2, 0.25) is 0 Å². The molecule has 8 nitrogen and oxygen atoms in total. The molecule has 0 aliphatic carbocycles. The van der Waals surface area contributed by atoms with Gasteiger partial charge in [-0.1, -0.05) is 0 Å². The molecule has 0 saturated carbocycles. The van der Waals surface area contributed by atoms with E-state index in [4.69, 9.17) is 4.74 Å². The third kappa shape index (κ3) is 3.77. The summed E-state index contributed by atoms with van der Waals surface area (Å²) < 4.78 is 8.08. The summed E-state index contributed by atoms with van der Waals surface area (Å²) in [6.45, 7) is 7.02. The molecule has 0 fully saturated rings. The van der Waals surface area contributed by atoms with Crippen LogP contribution in [0.4, 0.5) is 0 Å². The molecule has 1 N–H and O–H groups in total. The Morgan fingerprint density at radius 2 is 2.04 bits per heavy atom. The van der Waals surface area contributed by atoms with Crippen LogP contribution in [-0.2, 0) is 24.9 Å². The molecule has 0 aliphatic heterocycles. The Balaban J connectivity index is 2.04. The first-order valence-electron chi connectivity index (χ1n) is 7.48. The molecule has 0 aliphatic rings. The molecule has 0 unspecified atom stereocenters. The summed E-state index contributed by atoms with van der Waals surface area (Å²) >= 11 is 0. The third-order valence-corrected chi connectivity index (χ3v) is 3.41. The molecule has 0 aromatic carbocycles. The fraction of sp³-hybridized carbons (Fsp3) is 0.467. The average Bonchev–Trinajstić information content (AvgIpc) is 3.08. The molecular weight excluding hydrogens is 298 g/mol. The second kappa shape index (κ2) is 7.08. The molecule has 0 spiro atoms. The summed E-state index contributed by atoms with van der Waals surface area (Å²) in [4.78, 5) is 23.9. The molecule has 2 aromatic rings. The molecule has 0 bridgehead atoms. The Morgan fingerprint density at radius 3 is 2.65 bits per heavy atom. The Kier molecular flexibility index (Phi) is 5.15. The Labute approximate surface area is 134 Å². The number of carbonyl (C=O) groups is 2. The molecule has 2 aromatic heterocycles. The van der Waals surface area contributed by atoms with Crippen molar-refractivity contribution in [2.75, 3.05) is 6.61 Å². The van der Waals surface area contributed by atoms with Crippen LogP contribution < -0.4 is 5.32 Å². The molecule has 2 rings (SSSR count). The molecule has 2 heterocycles. The number of hydrogen-bond donors (Lipinski definition) is 1. The zero-order valence-electron chi connectivity index (χ0n) is 13.8. The van der Waals surface area contributed by atoms with Gasteiger partial charge < -0.3 is 10.1 Å². The number of aryl methyl sites for hydroxylation is 3. The van der Waals surface area contributed by atoms with Crippen molar-refractivity contribution >= 4 is 11.9 Å². The van der Waals surface area contributed by atoms with E-state index >= 15 is 0 Å². The predicted octanol–water partition coefficient (Wildman–Crippen LogP) is 1.05. The highest BCUT2D eigenvalue weighted by Gasteiger charge is 2.18. The quantitative estimate of drug-likeness (QED) is 0.804. The average molecular weight is 319 g/mol. The van der Waals surface area contributed by atoms with Crippen LogP contribution in [0.5, 0.6) is 0 Å². The Bertz CT molecular complexity index is 717. The van der Waals surface area contributed by atoms with Crippen molar-refractivity contribution in [2.24, 2.45) is 7.05 Å². The second-order valence-electron chi connectivity index (χ2n) is 5.04. The summed E-state index contributed by atoms with van der Waals surface area (Å²) in [7, 11) is 1.60. The van der Waals surface area contributed by atoms with Crippen LogP contribution >= 0.6 is 0 Å². The van der Waals surface area contributed by atoms with Crippen LogP contribution in [0.3, 0.4) is 0 Å². The molecule has 124 valence electrons. The third-order valence-electron chi connectivity index (χ3n) is 3.41. The first-order chi connectivity index (χ1) is 11.0. The van der Waals surface area contributed by atoms with Crippen molar-refractivity contribution in [3.63, 3.8) is 0 Å². The number of carbonyl (C=O) groups excluding carboxylic acids is 2. The lowest BCUT2D eigenvalue weighted by Crippen LogP contribution is -2.23. The Morgan fingerprint density at radius 1 is 1.30 bits per heavy atom. The molecule has 1 amide bonds. The highest BCUT2D eigenvalue weighted by atomic mass is 16.5. The van der Waals surface area contributed by atoms with E-state index in [1.54, 1.807) is 14.0 Å². The summed E-state index contributed by atoms with van der Waals surface area (Å²) in [5.41, 5.74) is 2.24. The lowest BCUT2D eigenvalue weighted by atomic mass is 10.2. The van der Waals surface area contributed by atoms with Gasteiger partial charge in [0.25, 0.3) is 5.91 Å². The second-order valence-corrected chi connectivity index (χ2v) is 5.04. The van der Waals surface area contributed by atoms with E-state index in [2.05, 4.69) is 15.5 Å². The van der Waals surface area contributed by atoms with Crippen molar-refractivity contribution in [3.05, 3.63) is 34.9 Å². The Hall–Kier alpha value is -2.64. The van der Waals surface area contributed by atoms with Crippen molar-refractivity contribution in [2.45, 2.75) is 33.9 Å². The summed E-state index contributed by atoms with van der Waals surface area (Å²) in [5, 5.41) is 11.2. The van der Waals surface area contributed by atoms with Gasteiger partial charge in [-0.15, -0.1) is 0 Å². The van der Waals surface area contributed by atoms with E-state index in [9.17, 15) is 9.59 Å². The molecule has 0 atom stereocenters. The molecule has 0 radical (unpaired) electrons. The maximum atomic E-state index is 12.2. The monoisotopic (exact) mass is 319 g/mol. The first-order valence-corrected chi connectivity index (χ1v) is 7.48. The number of aromatic nitrogens is 4. The first kappa shape index (κ1) is 16.7. The van der Waals surface area contributed by atoms with Crippen molar-refractivity contribution < 1.29 is 14.3 Å². The minimum atomic E-state index is -0.499. The van der Waals surface area contributed by atoms with E-state index in [0.717, 1.165) is 17.8 Å². The fourth-order valence-corrected chi connectivity index (χ4v) is 2.13. The number of amides is 1. The van der Waals surface area contributed by atoms with Gasteiger partial charge in [-0.25, -0.2) is 4.79 Å². The van der Waals surface area contributed by atoms with Gasteiger partial charge in [0.1, 0.15) is 5.69 Å². The van der Waals surface area contributed by atoms with Crippen LogP contribution in [0, 0.1) is 6.92 Å². The van der Waals surface area contributed by atoms with Gasteiger partial charge in [0.05, 0.1) is 12.3 Å². The molecular formula is C15H21N5O3.